The van der Waals surface area contributed by atoms with Gasteiger partial charge >= 0.3 is 0 Å². The molecule has 1 atom stereocenters. The van der Waals surface area contributed by atoms with Crippen LogP contribution >= 0.6 is 11.3 Å². The molecule has 30 heavy (non-hydrogen) atoms. The highest BCUT2D eigenvalue weighted by atomic mass is 32.1. The molecule has 0 saturated carbocycles. The fraction of sp³-hybridized carbons (Fsp3) is 0.409. The predicted octanol–water partition coefficient (Wildman–Crippen LogP) is 4.65. The largest absolute Gasteiger partial charge is 0.493 e. The summed E-state index contributed by atoms with van der Waals surface area (Å²) in [5, 5.41) is 3.95. The van der Waals surface area contributed by atoms with Crippen molar-refractivity contribution < 1.29 is 14.3 Å². The number of ether oxygens (including phenoxy) is 2. The van der Waals surface area contributed by atoms with Crippen LogP contribution < -0.4 is 19.7 Å². The van der Waals surface area contributed by atoms with E-state index in [-0.39, 0.29) is 5.91 Å². The Labute approximate surface area is 180 Å². The number of thiophene rings is 1. The van der Waals surface area contributed by atoms with E-state index in [1.54, 1.807) is 38.7 Å². The molecule has 158 valence electrons. The molecule has 0 bridgehead atoms. The van der Waals surface area contributed by atoms with Crippen LogP contribution in [0.1, 0.15) is 41.4 Å². The Bertz CT molecular complexity index is 1080. The van der Waals surface area contributed by atoms with Crippen molar-refractivity contribution in [2.75, 3.05) is 31.0 Å². The van der Waals surface area contributed by atoms with Gasteiger partial charge in [-0.05, 0) is 50.8 Å². The zero-order valence-corrected chi connectivity index (χ0v) is 18.5. The molecule has 1 unspecified atom stereocenters. The lowest BCUT2D eigenvalue weighted by molar-refractivity contribution is 0.103. The van der Waals surface area contributed by atoms with E-state index < -0.39 is 0 Å². The minimum absolute atomic E-state index is 0.166. The molecule has 1 aromatic carbocycles. The number of hydrogen-bond donors (Lipinski definition) is 1. The molecule has 0 aliphatic carbocycles. The van der Waals surface area contributed by atoms with Gasteiger partial charge < -0.3 is 19.7 Å². The van der Waals surface area contributed by atoms with Gasteiger partial charge in [-0.15, -0.1) is 11.3 Å². The topological polar surface area (TPSA) is 76.6 Å². The lowest BCUT2D eigenvalue weighted by Gasteiger charge is -2.34. The first kappa shape index (κ1) is 20.4. The summed E-state index contributed by atoms with van der Waals surface area (Å²) in [6.45, 7) is 5.19. The lowest BCUT2D eigenvalue weighted by atomic mass is 10.0. The zero-order valence-electron chi connectivity index (χ0n) is 17.7. The smallest absolute Gasteiger partial charge is 0.266 e. The Kier molecular flexibility index (Phi) is 5.76. The third kappa shape index (κ3) is 3.67. The van der Waals surface area contributed by atoms with Gasteiger partial charge in [0.2, 0.25) is 0 Å². The number of carbonyl (C=O) groups is 1. The van der Waals surface area contributed by atoms with E-state index in [2.05, 4.69) is 27.1 Å². The number of piperidine rings is 1. The molecule has 2 aromatic heterocycles. The molecule has 1 N–H and O–H groups in total. The molecule has 3 aromatic rings. The maximum absolute atomic E-state index is 13.1. The Hall–Kier alpha value is -2.87. The number of carbonyl (C=O) groups excluding carboxylic acids is 1. The minimum atomic E-state index is -0.166. The Morgan fingerprint density at radius 1 is 1.20 bits per heavy atom. The van der Waals surface area contributed by atoms with E-state index in [4.69, 9.17) is 9.47 Å². The van der Waals surface area contributed by atoms with Crippen LogP contribution in [0.2, 0.25) is 0 Å². The van der Waals surface area contributed by atoms with Crippen molar-refractivity contribution in [1.29, 1.82) is 0 Å². The van der Waals surface area contributed by atoms with Gasteiger partial charge in [-0.2, -0.15) is 0 Å². The first-order chi connectivity index (χ1) is 14.5. The molecule has 0 spiro atoms. The maximum Gasteiger partial charge on any atom is 0.266 e. The summed E-state index contributed by atoms with van der Waals surface area (Å²) in [5.41, 5.74) is 1.56. The SMILES string of the molecule is COc1ccc(NC(=O)c2sc3ncnc(N4CCCCC4C)c3c2C)cc1OC. The van der Waals surface area contributed by atoms with Crippen molar-refractivity contribution in [1.82, 2.24) is 9.97 Å². The van der Waals surface area contributed by atoms with Crippen LogP contribution in [0.3, 0.4) is 0 Å². The van der Waals surface area contributed by atoms with Crippen molar-refractivity contribution in [2.45, 2.75) is 39.2 Å². The van der Waals surface area contributed by atoms with Crippen molar-refractivity contribution in [3.05, 3.63) is 35.0 Å². The van der Waals surface area contributed by atoms with E-state index in [1.165, 1.54) is 17.8 Å². The van der Waals surface area contributed by atoms with Gasteiger partial charge in [0.1, 0.15) is 17.0 Å². The molecule has 1 aliphatic heterocycles. The van der Waals surface area contributed by atoms with Gasteiger partial charge in [-0.25, -0.2) is 9.97 Å². The number of anilines is 2. The number of aryl methyl sites for hydroxylation is 1. The van der Waals surface area contributed by atoms with Gasteiger partial charge in [0, 0.05) is 24.3 Å². The van der Waals surface area contributed by atoms with Crippen molar-refractivity contribution >= 4 is 39.0 Å². The monoisotopic (exact) mass is 426 g/mol. The molecule has 0 radical (unpaired) electrons. The summed E-state index contributed by atoms with van der Waals surface area (Å²) in [5.74, 6) is 1.95. The van der Waals surface area contributed by atoms with Crippen LogP contribution in [0.15, 0.2) is 24.5 Å². The standard InChI is InChI=1S/C22H26N4O3S/c1-13-7-5-6-10-26(13)20-18-14(2)19(30-22(18)24-12-23-20)21(27)25-15-8-9-16(28-3)17(11-15)29-4/h8-9,11-13H,5-7,10H2,1-4H3,(H,25,27). The van der Waals surface area contributed by atoms with Crippen LogP contribution in [0.5, 0.6) is 11.5 Å². The second-order valence-electron chi connectivity index (χ2n) is 7.50. The number of amides is 1. The number of methoxy groups -OCH3 is 2. The Balaban J connectivity index is 1.67. The van der Waals surface area contributed by atoms with Gasteiger partial charge in [0.25, 0.3) is 5.91 Å². The van der Waals surface area contributed by atoms with Crippen molar-refractivity contribution in [3.8, 4) is 11.5 Å². The van der Waals surface area contributed by atoms with Gasteiger partial charge in [0.05, 0.1) is 24.5 Å². The molecule has 7 nitrogen and oxygen atoms in total. The zero-order chi connectivity index (χ0) is 21.3. The highest BCUT2D eigenvalue weighted by Crippen LogP contribution is 2.37. The fourth-order valence-corrected chi connectivity index (χ4v) is 5.04. The lowest BCUT2D eigenvalue weighted by Crippen LogP contribution is -2.38. The normalized spacial score (nSPS) is 16.5. The molecule has 8 heteroatoms. The molecule has 1 aliphatic rings. The fourth-order valence-electron chi connectivity index (χ4n) is 4.00. The van der Waals surface area contributed by atoms with Crippen LogP contribution in [-0.2, 0) is 0 Å². The van der Waals surface area contributed by atoms with Crippen LogP contribution in [0.25, 0.3) is 10.2 Å². The number of benzene rings is 1. The van der Waals surface area contributed by atoms with Crippen molar-refractivity contribution in [2.24, 2.45) is 0 Å². The molecule has 1 saturated heterocycles. The highest BCUT2D eigenvalue weighted by Gasteiger charge is 2.26. The number of aromatic nitrogens is 2. The van der Waals surface area contributed by atoms with Crippen LogP contribution in [0, 0.1) is 6.92 Å². The summed E-state index contributed by atoms with van der Waals surface area (Å²) in [6, 6.07) is 5.75. The van der Waals surface area contributed by atoms with Crippen molar-refractivity contribution in [3.63, 3.8) is 0 Å². The molecular weight excluding hydrogens is 400 g/mol. The highest BCUT2D eigenvalue weighted by molar-refractivity contribution is 7.20. The molecule has 1 amide bonds. The average Bonchev–Trinajstić information content (AvgIpc) is 3.11. The first-order valence-electron chi connectivity index (χ1n) is 10.1. The number of rotatable bonds is 5. The van der Waals surface area contributed by atoms with E-state index >= 15 is 0 Å². The van der Waals surface area contributed by atoms with Crippen LogP contribution in [0.4, 0.5) is 11.5 Å². The molecule has 4 rings (SSSR count). The third-order valence-corrected chi connectivity index (χ3v) is 6.83. The van der Waals surface area contributed by atoms with E-state index in [0.717, 1.165) is 41.0 Å². The van der Waals surface area contributed by atoms with E-state index in [9.17, 15) is 4.79 Å². The first-order valence-corrected chi connectivity index (χ1v) is 10.9. The second-order valence-corrected chi connectivity index (χ2v) is 8.49. The van der Waals surface area contributed by atoms with E-state index in [1.807, 2.05) is 6.92 Å². The Morgan fingerprint density at radius 2 is 2.00 bits per heavy atom. The molecular formula is C22H26N4O3S. The number of hydrogen-bond acceptors (Lipinski definition) is 7. The molecule has 1 fully saturated rings. The second kappa shape index (κ2) is 8.47. The minimum Gasteiger partial charge on any atom is -0.493 e. The summed E-state index contributed by atoms with van der Waals surface area (Å²) < 4.78 is 10.6. The average molecular weight is 427 g/mol. The predicted molar refractivity (Wildman–Crippen MR) is 120 cm³/mol. The number of fused-ring (bicyclic) bond motifs is 1. The van der Waals surface area contributed by atoms with Gasteiger partial charge in [-0.1, -0.05) is 0 Å². The molecule has 3 heterocycles. The quantitative estimate of drug-likeness (QED) is 0.640. The maximum atomic E-state index is 13.1. The summed E-state index contributed by atoms with van der Waals surface area (Å²) in [4.78, 5) is 26.0. The third-order valence-electron chi connectivity index (χ3n) is 5.63. The summed E-state index contributed by atoms with van der Waals surface area (Å²) in [6.07, 6.45) is 5.16. The van der Waals surface area contributed by atoms with Gasteiger partial charge in [0.15, 0.2) is 11.5 Å². The summed E-state index contributed by atoms with van der Waals surface area (Å²) in [7, 11) is 3.15. The number of nitrogens with one attached hydrogen (secondary N) is 1. The number of nitrogens with zero attached hydrogens (tertiary/aromatic N) is 3. The van der Waals surface area contributed by atoms with Gasteiger partial charge in [-0.3, -0.25) is 4.79 Å². The Morgan fingerprint density at radius 3 is 2.73 bits per heavy atom. The summed E-state index contributed by atoms with van der Waals surface area (Å²) >= 11 is 1.40. The van der Waals surface area contributed by atoms with E-state index in [0.29, 0.717) is 28.1 Å². The van der Waals surface area contributed by atoms with Crippen LogP contribution in [-0.4, -0.2) is 42.7 Å².